The molecular formula is C21H25NO7S2. The molecule has 0 saturated carbocycles. The van der Waals surface area contributed by atoms with Gasteiger partial charge in [-0.15, -0.1) is 11.3 Å². The molecule has 0 atom stereocenters. The van der Waals surface area contributed by atoms with Crippen molar-refractivity contribution in [2.75, 3.05) is 24.3 Å². The number of aryl methyl sites for hydroxylation is 2. The lowest BCUT2D eigenvalue weighted by atomic mass is 10.2. The Kier molecular flexibility index (Phi) is 8.76. The number of rotatable bonds is 10. The van der Waals surface area contributed by atoms with Crippen molar-refractivity contribution in [3.8, 4) is 0 Å². The molecule has 1 aromatic heterocycles. The summed E-state index contributed by atoms with van der Waals surface area (Å²) in [6.07, 6.45) is 0.300. The van der Waals surface area contributed by atoms with Crippen molar-refractivity contribution in [1.29, 1.82) is 0 Å². The molecule has 168 valence electrons. The van der Waals surface area contributed by atoms with E-state index in [1.165, 1.54) is 23.5 Å². The van der Waals surface area contributed by atoms with Gasteiger partial charge in [0.1, 0.15) is 5.00 Å². The van der Waals surface area contributed by atoms with Gasteiger partial charge in [-0.2, -0.15) is 0 Å². The minimum atomic E-state index is -3.63. The zero-order valence-electron chi connectivity index (χ0n) is 17.6. The van der Waals surface area contributed by atoms with Crippen LogP contribution >= 0.6 is 11.3 Å². The summed E-state index contributed by atoms with van der Waals surface area (Å²) in [4.78, 5) is 37.1. The molecule has 8 nitrogen and oxygen atoms in total. The second-order valence-corrected chi connectivity index (χ2v) is 9.87. The molecule has 0 spiro atoms. The van der Waals surface area contributed by atoms with Crippen LogP contribution in [0.4, 0.5) is 5.00 Å². The molecule has 0 saturated heterocycles. The van der Waals surface area contributed by atoms with Crippen LogP contribution in [-0.2, 0) is 35.3 Å². The number of sulfone groups is 1. The first-order chi connectivity index (χ1) is 14.7. The van der Waals surface area contributed by atoms with E-state index >= 15 is 0 Å². The van der Waals surface area contributed by atoms with Crippen LogP contribution in [0.15, 0.2) is 35.2 Å². The molecule has 0 aliphatic carbocycles. The van der Waals surface area contributed by atoms with Gasteiger partial charge in [0.2, 0.25) is 0 Å². The number of amides is 1. The second kappa shape index (κ2) is 11.1. The van der Waals surface area contributed by atoms with Crippen LogP contribution in [0, 0.1) is 6.92 Å². The van der Waals surface area contributed by atoms with Gasteiger partial charge >= 0.3 is 11.9 Å². The van der Waals surface area contributed by atoms with E-state index in [0.29, 0.717) is 11.4 Å². The molecule has 2 aromatic rings. The SMILES string of the molecule is CCOC(=O)c1cc(CC)sc1NC(=O)COC(=O)CCS(=O)(=O)c1ccc(C)cc1. The van der Waals surface area contributed by atoms with Gasteiger partial charge in [-0.3, -0.25) is 9.59 Å². The summed E-state index contributed by atoms with van der Waals surface area (Å²) in [6.45, 7) is 5.05. The Hall–Kier alpha value is -2.72. The maximum Gasteiger partial charge on any atom is 0.341 e. The Morgan fingerprint density at radius 1 is 1.06 bits per heavy atom. The van der Waals surface area contributed by atoms with Gasteiger partial charge in [0.15, 0.2) is 16.4 Å². The molecule has 0 fully saturated rings. The normalized spacial score (nSPS) is 11.1. The van der Waals surface area contributed by atoms with Crippen molar-refractivity contribution in [1.82, 2.24) is 0 Å². The maximum atomic E-state index is 12.3. The highest BCUT2D eigenvalue weighted by atomic mass is 32.2. The molecule has 0 aliphatic heterocycles. The van der Waals surface area contributed by atoms with Crippen molar-refractivity contribution in [2.45, 2.75) is 38.5 Å². The molecule has 1 N–H and O–H groups in total. The molecule has 1 heterocycles. The van der Waals surface area contributed by atoms with Crippen molar-refractivity contribution >= 4 is 44.0 Å². The fourth-order valence-corrected chi connectivity index (χ4v) is 4.75. The summed E-state index contributed by atoms with van der Waals surface area (Å²) in [5, 5.41) is 2.86. The lowest BCUT2D eigenvalue weighted by Crippen LogP contribution is -2.22. The van der Waals surface area contributed by atoms with E-state index in [9.17, 15) is 22.8 Å². The average Bonchev–Trinajstić information content (AvgIpc) is 3.14. The lowest BCUT2D eigenvalue weighted by Gasteiger charge is -2.08. The first kappa shape index (κ1) is 24.5. The summed E-state index contributed by atoms with van der Waals surface area (Å²) in [6, 6.07) is 7.97. The number of ether oxygens (including phenoxy) is 2. The molecule has 31 heavy (non-hydrogen) atoms. The van der Waals surface area contributed by atoms with Crippen LogP contribution in [0.3, 0.4) is 0 Å². The first-order valence-electron chi connectivity index (χ1n) is 9.71. The zero-order valence-corrected chi connectivity index (χ0v) is 19.2. The number of esters is 2. The number of anilines is 1. The summed E-state index contributed by atoms with van der Waals surface area (Å²) in [5.41, 5.74) is 1.17. The van der Waals surface area contributed by atoms with E-state index in [-0.39, 0.29) is 23.5 Å². The second-order valence-electron chi connectivity index (χ2n) is 6.62. The molecule has 0 radical (unpaired) electrons. The van der Waals surface area contributed by atoms with Crippen LogP contribution in [0.5, 0.6) is 0 Å². The number of hydrogen-bond donors (Lipinski definition) is 1. The lowest BCUT2D eigenvalue weighted by molar-refractivity contribution is -0.146. The number of carbonyl (C=O) groups is 3. The molecule has 1 aromatic carbocycles. The Balaban J connectivity index is 1.88. The van der Waals surface area contributed by atoms with Gasteiger partial charge in [-0.1, -0.05) is 24.6 Å². The third-order valence-corrected chi connectivity index (χ3v) is 7.13. The van der Waals surface area contributed by atoms with Gasteiger partial charge in [0, 0.05) is 4.88 Å². The Morgan fingerprint density at radius 3 is 2.35 bits per heavy atom. The third-order valence-electron chi connectivity index (χ3n) is 4.20. The summed E-state index contributed by atoms with van der Waals surface area (Å²) >= 11 is 1.24. The standard InChI is InChI=1S/C21H25NO7S2/c1-4-15-12-17(21(25)28-5-2)20(30-15)22-18(23)13-29-19(24)10-11-31(26,27)16-8-6-14(3)7-9-16/h6-9,12H,4-5,10-11,13H2,1-3H3,(H,22,23). The molecule has 0 aliphatic rings. The molecule has 1 amide bonds. The van der Waals surface area contributed by atoms with Crippen LogP contribution in [-0.4, -0.2) is 45.2 Å². The quantitative estimate of drug-likeness (QED) is 0.534. The van der Waals surface area contributed by atoms with E-state index < -0.39 is 40.0 Å². The number of benzene rings is 1. The van der Waals surface area contributed by atoms with Gasteiger partial charge in [0.05, 0.1) is 29.2 Å². The molecule has 0 unspecified atom stereocenters. The van der Waals surface area contributed by atoms with Crippen LogP contribution in [0.2, 0.25) is 0 Å². The average molecular weight is 468 g/mol. The van der Waals surface area contributed by atoms with Crippen molar-refractivity contribution in [2.24, 2.45) is 0 Å². The summed E-state index contributed by atoms with van der Waals surface area (Å²) in [5.74, 6) is -2.41. The van der Waals surface area contributed by atoms with E-state index in [0.717, 1.165) is 10.4 Å². The Bertz CT molecular complexity index is 1040. The first-order valence-corrected chi connectivity index (χ1v) is 12.2. The number of nitrogens with one attached hydrogen (secondary N) is 1. The fraction of sp³-hybridized carbons (Fsp3) is 0.381. The topological polar surface area (TPSA) is 116 Å². The van der Waals surface area contributed by atoms with E-state index in [1.54, 1.807) is 25.1 Å². The third kappa shape index (κ3) is 7.18. The maximum absolute atomic E-state index is 12.3. The molecular weight excluding hydrogens is 442 g/mol. The number of carbonyl (C=O) groups excluding carboxylic acids is 3. The monoisotopic (exact) mass is 467 g/mol. The Morgan fingerprint density at radius 2 is 1.74 bits per heavy atom. The smallest absolute Gasteiger partial charge is 0.341 e. The van der Waals surface area contributed by atoms with E-state index in [4.69, 9.17) is 9.47 Å². The molecule has 0 bridgehead atoms. The highest BCUT2D eigenvalue weighted by Gasteiger charge is 2.20. The number of hydrogen-bond acceptors (Lipinski definition) is 8. The zero-order chi connectivity index (χ0) is 23.0. The predicted octanol–water partition coefficient (Wildman–Crippen LogP) is 3.14. The van der Waals surface area contributed by atoms with Crippen molar-refractivity contribution < 1.29 is 32.3 Å². The van der Waals surface area contributed by atoms with Gasteiger partial charge in [-0.25, -0.2) is 13.2 Å². The van der Waals surface area contributed by atoms with E-state index in [1.807, 2.05) is 13.8 Å². The minimum Gasteiger partial charge on any atom is -0.462 e. The van der Waals surface area contributed by atoms with Gasteiger partial charge < -0.3 is 14.8 Å². The molecule has 10 heteroatoms. The predicted molar refractivity (Wildman–Crippen MR) is 117 cm³/mol. The van der Waals surface area contributed by atoms with Crippen LogP contribution in [0.1, 0.15) is 41.1 Å². The van der Waals surface area contributed by atoms with Gasteiger partial charge in [0.25, 0.3) is 5.91 Å². The van der Waals surface area contributed by atoms with Crippen molar-refractivity contribution in [3.63, 3.8) is 0 Å². The van der Waals surface area contributed by atoms with Crippen molar-refractivity contribution in [3.05, 3.63) is 46.3 Å². The fourth-order valence-electron chi connectivity index (χ4n) is 2.53. The minimum absolute atomic E-state index is 0.125. The van der Waals surface area contributed by atoms with E-state index in [2.05, 4.69) is 5.32 Å². The van der Waals surface area contributed by atoms with Crippen LogP contribution < -0.4 is 5.32 Å². The Labute approximate surface area is 185 Å². The summed E-state index contributed by atoms with van der Waals surface area (Å²) < 4.78 is 34.4. The summed E-state index contributed by atoms with van der Waals surface area (Å²) in [7, 11) is -3.63. The highest BCUT2D eigenvalue weighted by Crippen LogP contribution is 2.29. The van der Waals surface area contributed by atoms with Crippen LogP contribution in [0.25, 0.3) is 0 Å². The largest absolute Gasteiger partial charge is 0.462 e. The number of thiophene rings is 1. The highest BCUT2D eigenvalue weighted by molar-refractivity contribution is 7.91. The van der Waals surface area contributed by atoms with Gasteiger partial charge in [-0.05, 0) is 38.5 Å². The molecule has 2 rings (SSSR count).